The van der Waals surface area contributed by atoms with Gasteiger partial charge in [0.1, 0.15) is 0 Å². The highest BCUT2D eigenvalue weighted by Gasteiger charge is 2.39. The van der Waals surface area contributed by atoms with Crippen molar-refractivity contribution in [2.24, 2.45) is 28.7 Å². The van der Waals surface area contributed by atoms with Crippen molar-refractivity contribution in [2.45, 2.75) is 32.1 Å². The molecular weight excluding hydrogens is 312 g/mol. The fourth-order valence-corrected chi connectivity index (χ4v) is 5.11. The van der Waals surface area contributed by atoms with Crippen molar-refractivity contribution in [3.8, 4) is 0 Å². The molecule has 1 N–H and O–H groups in total. The second-order valence-electron chi connectivity index (χ2n) is 7.84. The maximum Gasteiger partial charge on any atom is 0.365 e. The average molecular weight is 334 g/mol. The fourth-order valence-electron chi connectivity index (χ4n) is 5.11. The van der Waals surface area contributed by atoms with Gasteiger partial charge in [-0.1, -0.05) is 24.3 Å². The number of esters is 1. The molecule has 2 saturated carbocycles. The first-order valence-corrected chi connectivity index (χ1v) is 9.29. The molecule has 2 fully saturated rings. The first kappa shape index (κ1) is 14.9. The average Bonchev–Trinajstić information content (AvgIpc) is 2.88. The van der Waals surface area contributed by atoms with Gasteiger partial charge in [0, 0.05) is 17.5 Å². The maximum absolute atomic E-state index is 12.1. The van der Waals surface area contributed by atoms with E-state index in [9.17, 15) is 4.79 Å². The normalized spacial score (nSPS) is 34.6. The first-order chi connectivity index (χ1) is 12.2. The number of cyclic esters (lactones) is 1. The molecule has 1 heterocycles. The molecule has 128 valence electrons. The monoisotopic (exact) mass is 334 g/mol. The third-order valence-corrected chi connectivity index (χ3v) is 6.05. The Morgan fingerprint density at radius 3 is 2.56 bits per heavy atom. The van der Waals surface area contributed by atoms with Crippen molar-refractivity contribution < 1.29 is 9.53 Å². The largest absolute Gasteiger partial charge is 0.402 e. The van der Waals surface area contributed by atoms with Gasteiger partial charge in [0.05, 0.1) is 0 Å². The summed E-state index contributed by atoms with van der Waals surface area (Å²) in [7, 11) is 0. The zero-order valence-electron chi connectivity index (χ0n) is 14.2. The molecule has 4 aliphatic carbocycles. The predicted octanol–water partition coefficient (Wildman–Crippen LogP) is 3.76. The van der Waals surface area contributed by atoms with Crippen molar-refractivity contribution in [2.75, 3.05) is 0 Å². The molecule has 25 heavy (non-hydrogen) atoms. The topological polar surface area (TPSA) is 50.7 Å². The Balaban J connectivity index is 1.36. The van der Waals surface area contributed by atoms with Crippen molar-refractivity contribution in [1.82, 2.24) is 5.32 Å². The van der Waals surface area contributed by atoms with E-state index in [4.69, 9.17) is 4.74 Å². The Labute approximate surface area is 147 Å². The lowest BCUT2D eigenvalue weighted by Gasteiger charge is -2.38. The smallest absolute Gasteiger partial charge is 0.365 e. The minimum atomic E-state index is -0.383. The van der Waals surface area contributed by atoms with E-state index in [0.717, 1.165) is 17.4 Å². The minimum Gasteiger partial charge on any atom is -0.402 e. The number of rotatable bonds is 3. The van der Waals surface area contributed by atoms with E-state index in [2.05, 4.69) is 16.4 Å². The summed E-state index contributed by atoms with van der Waals surface area (Å²) in [5.74, 6) is 3.11. The highest BCUT2D eigenvalue weighted by atomic mass is 16.6. The molecule has 1 aromatic rings. The van der Waals surface area contributed by atoms with Gasteiger partial charge in [-0.05, 0) is 67.9 Å². The van der Waals surface area contributed by atoms with Gasteiger partial charge in [0.25, 0.3) is 0 Å². The van der Waals surface area contributed by atoms with Crippen LogP contribution in [-0.2, 0) is 9.53 Å². The van der Waals surface area contributed by atoms with E-state index in [1.807, 2.05) is 30.3 Å². The molecular formula is C21H22N2O2. The Kier molecular flexibility index (Phi) is 3.51. The Bertz CT molecular complexity index is 779. The van der Waals surface area contributed by atoms with Gasteiger partial charge in [-0.2, -0.15) is 0 Å². The summed E-state index contributed by atoms with van der Waals surface area (Å²) in [6, 6.07) is 9.54. The number of hydrogen-bond donors (Lipinski definition) is 1. The number of ether oxygens (including phenoxy) is 1. The number of allylic oxidation sites excluding steroid dienone is 2. The summed E-state index contributed by atoms with van der Waals surface area (Å²) in [5.41, 5.74) is 2.46. The molecule has 0 saturated heterocycles. The van der Waals surface area contributed by atoms with E-state index >= 15 is 0 Å². The Morgan fingerprint density at radius 2 is 1.80 bits per heavy atom. The van der Waals surface area contributed by atoms with Gasteiger partial charge in [0.2, 0.25) is 5.90 Å². The van der Waals surface area contributed by atoms with Crippen LogP contribution in [0.4, 0.5) is 0 Å². The summed E-state index contributed by atoms with van der Waals surface area (Å²) in [6.07, 6.45) is 10.8. The highest BCUT2D eigenvalue weighted by Crippen LogP contribution is 2.50. The molecule has 6 rings (SSSR count). The summed E-state index contributed by atoms with van der Waals surface area (Å²) < 4.78 is 5.32. The molecule has 0 amide bonds. The molecule has 4 nitrogen and oxygen atoms in total. The summed E-state index contributed by atoms with van der Waals surface area (Å²) in [4.78, 5) is 16.5. The van der Waals surface area contributed by atoms with Crippen LogP contribution in [0, 0.1) is 23.7 Å². The molecule has 2 atom stereocenters. The summed E-state index contributed by atoms with van der Waals surface area (Å²) in [5, 5.41) is 3.41. The van der Waals surface area contributed by atoms with Crippen molar-refractivity contribution >= 4 is 11.9 Å². The van der Waals surface area contributed by atoms with Gasteiger partial charge in [0.15, 0.2) is 5.70 Å². The minimum absolute atomic E-state index is 0.351. The fraction of sp³-hybridized carbons (Fsp3) is 0.429. The summed E-state index contributed by atoms with van der Waals surface area (Å²) >= 11 is 0. The van der Waals surface area contributed by atoms with E-state index in [-0.39, 0.29) is 5.97 Å². The lowest BCUT2D eigenvalue weighted by atomic mass is 9.67. The molecule has 0 radical (unpaired) electrons. The van der Waals surface area contributed by atoms with Gasteiger partial charge < -0.3 is 10.1 Å². The van der Waals surface area contributed by atoms with Crippen LogP contribution >= 0.6 is 0 Å². The standard InChI is InChI=1S/C21H22N2O2/c24-21-19(23-20(25-21)16-4-2-1-3-5-16)12-22-18-11-15-7-13-6-14(8-15)10-17(18)9-13/h1-5,11-15,17,22H,6-10H2/b19-12-. The van der Waals surface area contributed by atoms with E-state index in [0.29, 0.717) is 23.4 Å². The second-order valence-corrected chi connectivity index (χ2v) is 7.84. The van der Waals surface area contributed by atoms with E-state index in [1.54, 1.807) is 6.20 Å². The van der Waals surface area contributed by atoms with Crippen LogP contribution in [0.15, 0.2) is 59.0 Å². The number of nitrogens with one attached hydrogen (secondary N) is 1. The molecule has 2 unspecified atom stereocenters. The zero-order valence-corrected chi connectivity index (χ0v) is 14.2. The number of aliphatic imine (C=N–C) groups is 1. The van der Waals surface area contributed by atoms with Crippen LogP contribution in [0.1, 0.15) is 37.7 Å². The number of hydrogen-bond acceptors (Lipinski definition) is 4. The molecule has 5 aliphatic rings. The third-order valence-electron chi connectivity index (χ3n) is 6.05. The molecule has 1 aliphatic heterocycles. The molecule has 0 aromatic heterocycles. The number of nitrogens with zero attached hydrogens (tertiary/aromatic N) is 1. The quantitative estimate of drug-likeness (QED) is 0.676. The third kappa shape index (κ3) is 2.80. The van der Waals surface area contributed by atoms with Crippen LogP contribution in [0.5, 0.6) is 0 Å². The van der Waals surface area contributed by atoms with Crippen LogP contribution in [0.3, 0.4) is 0 Å². The van der Waals surface area contributed by atoms with Crippen LogP contribution in [-0.4, -0.2) is 11.9 Å². The molecule has 4 bridgehead atoms. The number of carbonyl (C=O) groups is 1. The van der Waals surface area contributed by atoms with Gasteiger partial charge in [-0.3, -0.25) is 0 Å². The van der Waals surface area contributed by atoms with E-state index in [1.165, 1.54) is 37.8 Å². The lowest BCUT2D eigenvalue weighted by Crippen LogP contribution is -2.29. The van der Waals surface area contributed by atoms with E-state index < -0.39 is 0 Å². The lowest BCUT2D eigenvalue weighted by molar-refractivity contribution is -0.130. The maximum atomic E-state index is 12.1. The Morgan fingerprint density at radius 1 is 1.04 bits per heavy atom. The number of carbonyl (C=O) groups excluding carboxylic acids is 1. The first-order valence-electron chi connectivity index (χ1n) is 9.29. The van der Waals surface area contributed by atoms with Gasteiger partial charge in [-0.25, -0.2) is 9.79 Å². The number of benzene rings is 1. The van der Waals surface area contributed by atoms with Crippen molar-refractivity contribution in [1.29, 1.82) is 0 Å². The SMILES string of the molecule is O=C1OC(c2ccccc2)=N/C1=C\NC1=CC2CC3CC(C2)CC1C3. The molecule has 4 heteroatoms. The summed E-state index contributed by atoms with van der Waals surface area (Å²) in [6.45, 7) is 0. The highest BCUT2D eigenvalue weighted by molar-refractivity contribution is 6.11. The molecule has 1 aromatic carbocycles. The van der Waals surface area contributed by atoms with Crippen LogP contribution < -0.4 is 5.32 Å². The van der Waals surface area contributed by atoms with Crippen molar-refractivity contribution in [3.05, 3.63) is 59.6 Å². The molecule has 0 spiro atoms. The van der Waals surface area contributed by atoms with Crippen LogP contribution in [0.2, 0.25) is 0 Å². The predicted molar refractivity (Wildman–Crippen MR) is 95.4 cm³/mol. The van der Waals surface area contributed by atoms with Crippen molar-refractivity contribution in [3.63, 3.8) is 0 Å². The van der Waals surface area contributed by atoms with Gasteiger partial charge in [-0.15, -0.1) is 0 Å². The second kappa shape index (κ2) is 5.87. The zero-order chi connectivity index (χ0) is 16.8. The Hall–Kier alpha value is -2.36. The van der Waals surface area contributed by atoms with Gasteiger partial charge >= 0.3 is 5.97 Å². The van der Waals surface area contributed by atoms with Crippen LogP contribution in [0.25, 0.3) is 0 Å².